The molecule has 0 aromatic carbocycles. The van der Waals surface area contributed by atoms with E-state index in [1.54, 1.807) is 0 Å². The van der Waals surface area contributed by atoms with Crippen LogP contribution in [-0.4, -0.2) is 36.2 Å². The van der Waals surface area contributed by atoms with Crippen molar-refractivity contribution in [2.75, 3.05) is 20.2 Å². The van der Waals surface area contributed by atoms with Gasteiger partial charge in [0.15, 0.2) is 0 Å². The van der Waals surface area contributed by atoms with E-state index in [4.69, 9.17) is 5.11 Å². The highest BCUT2D eigenvalue weighted by Crippen LogP contribution is 2.15. The molecule has 0 bridgehead atoms. The zero-order valence-corrected chi connectivity index (χ0v) is 7.87. The van der Waals surface area contributed by atoms with Crippen LogP contribution in [0.2, 0.25) is 0 Å². The summed E-state index contributed by atoms with van der Waals surface area (Å²) in [5.74, 6) is 0. The molecule has 1 fully saturated rings. The zero-order valence-electron chi connectivity index (χ0n) is 7.87. The average molecular weight is 169 g/mol. The standard InChI is InChI=1S/C10H19NO/c1-11-8-4-2-6-10(11)7-3-5-9-12/h3,7,10,12H,2,4-6,8-9H2,1H3/b7-3-. The van der Waals surface area contributed by atoms with Gasteiger partial charge >= 0.3 is 0 Å². The first-order valence-corrected chi connectivity index (χ1v) is 4.82. The van der Waals surface area contributed by atoms with Gasteiger partial charge in [0, 0.05) is 12.6 Å². The predicted octanol–water partition coefficient (Wildman–Crippen LogP) is 1.41. The van der Waals surface area contributed by atoms with Crippen molar-refractivity contribution in [3.63, 3.8) is 0 Å². The van der Waals surface area contributed by atoms with Crippen molar-refractivity contribution in [1.29, 1.82) is 0 Å². The molecule has 1 saturated heterocycles. The van der Waals surface area contributed by atoms with Crippen molar-refractivity contribution in [2.24, 2.45) is 0 Å². The van der Waals surface area contributed by atoms with Gasteiger partial charge in [0.2, 0.25) is 0 Å². The Hall–Kier alpha value is -0.340. The number of hydrogen-bond acceptors (Lipinski definition) is 2. The molecule has 1 rings (SSSR count). The molecule has 0 amide bonds. The van der Waals surface area contributed by atoms with Crippen molar-refractivity contribution in [2.45, 2.75) is 31.7 Å². The Morgan fingerprint density at radius 3 is 3.00 bits per heavy atom. The Kier molecular flexibility index (Phi) is 4.33. The number of likely N-dealkylation sites (tertiary alicyclic amines) is 1. The van der Waals surface area contributed by atoms with E-state index in [9.17, 15) is 0 Å². The van der Waals surface area contributed by atoms with Crippen molar-refractivity contribution in [3.05, 3.63) is 12.2 Å². The zero-order chi connectivity index (χ0) is 8.81. The fourth-order valence-corrected chi connectivity index (χ4v) is 1.67. The molecule has 1 atom stereocenters. The first kappa shape index (κ1) is 9.75. The molecule has 0 spiro atoms. The highest BCUT2D eigenvalue weighted by atomic mass is 16.2. The predicted molar refractivity (Wildman–Crippen MR) is 51.1 cm³/mol. The first-order valence-electron chi connectivity index (χ1n) is 4.82. The second kappa shape index (κ2) is 5.33. The average Bonchev–Trinajstić information content (AvgIpc) is 2.09. The summed E-state index contributed by atoms with van der Waals surface area (Å²) in [6, 6.07) is 0.616. The van der Waals surface area contributed by atoms with Gasteiger partial charge in [0.25, 0.3) is 0 Å². The Bertz CT molecular complexity index is 145. The van der Waals surface area contributed by atoms with Crippen molar-refractivity contribution >= 4 is 0 Å². The van der Waals surface area contributed by atoms with Crippen LogP contribution >= 0.6 is 0 Å². The third-order valence-electron chi connectivity index (χ3n) is 2.48. The lowest BCUT2D eigenvalue weighted by Gasteiger charge is -2.30. The fraction of sp³-hybridized carbons (Fsp3) is 0.800. The molecule has 1 heterocycles. The van der Waals surface area contributed by atoms with Crippen molar-refractivity contribution < 1.29 is 5.11 Å². The molecule has 12 heavy (non-hydrogen) atoms. The van der Waals surface area contributed by atoms with Gasteiger partial charge in [0.1, 0.15) is 0 Å². The monoisotopic (exact) mass is 169 g/mol. The summed E-state index contributed by atoms with van der Waals surface area (Å²) in [6.07, 6.45) is 9.07. The Morgan fingerprint density at radius 1 is 1.50 bits per heavy atom. The minimum atomic E-state index is 0.271. The quantitative estimate of drug-likeness (QED) is 0.646. The van der Waals surface area contributed by atoms with Crippen LogP contribution < -0.4 is 0 Å². The van der Waals surface area contributed by atoms with Crippen LogP contribution in [0.5, 0.6) is 0 Å². The minimum Gasteiger partial charge on any atom is -0.396 e. The van der Waals surface area contributed by atoms with Crippen molar-refractivity contribution in [3.8, 4) is 0 Å². The molecule has 2 nitrogen and oxygen atoms in total. The van der Waals surface area contributed by atoms with Gasteiger partial charge in [-0.15, -0.1) is 0 Å². The van der Waals surface area contributed by atoms with Gasteiger partial charge in [-0.25, -0.2) is 0 Å². The highest BCUT2D eigenvalue weighted by molar-refractivity contribution is 4.95. The van der Waals surface area contributed by atoms with E-state index in [-0.39, 0.29) is 6.61 Å². The third-order valence-corrected chi connectivity index (χ3v) is 2.48. The SMILES string of the molecule is CN1CCCCC1/C=C\CCO. The summed E-state index contributed by atoms with van der Waals surface area (Å²) in [7, 11) is 2.17. The maximum absolute atomic E-state index is 8.60. The molecule has 0 radical (unpaired) electrons. The number of piperidine rings is 1. The van der Waals surface area contributed by atoms with E-state index < -0.39 is 0 Å². The second-order valence-electron chi connectivity index (χ2n) is 3.48. The van der Waals surface area contributed by atoms with E-state index in [2.05, 4.69) is 24.1 Å². The van der Waals surface area contributed by atoms with Crippen LogP contribution in [0.4, 0.5) is 0 Å². The van der Waals surface area contributed by atoms with Crippen molar-refractivity contribution in [1.82, 2.24) is 4.90 Å². The number of likely N-dealkylation sites (N-methyl/N-ethyl adjacent to an activating group) is 1. The van der Waals surface area contributed by atoms with Gasteiger partial charge in [-0.3, -0.25) is 4.90 Å². The summed E-state index contributed by atoms with van der Waals surface area (Å²) in [5.41, 5.74) is 0. The molecule has 0 saturated carbocycles. The smallest absolute Gasteiger partial charge is 0.0465 e. The number of hydrogen-bond donors (Lipinski definition) is 1. The Labute approximate surface area is 74.9 Å². The molecule has 0 aromatic rings. The lowest BCUT2D eigenvalue weighted by atomic mass is 10.0. The van der Waals surface area contributed by atoms with E-state index in [0.717, 1.165) is 6.42 Å². The molecule has 2 heteroatoms. The van der Waals surface area contributed by atoms with Gasteiger partial charge in [-0.2, -0.15) is 0 Å². The van der Waals surface area contributed by atoms with E-state index in [1.807, 2.05) is 0 Å². The topological polar surface area (TPSA) is 23.5 Å². The molecule has 70 valence electrons. The summed E-state index contributed by atoms with van der Waals surface area (Å²) in [6.45, 7) is 1.49. The fourth-order valence-electron chi connectivity index (χ4n) is 1.67. The lowest BCUT2D eigenvalue weighted by molar-refractivity contribution is 0.221. The van der Waals surface area contributed by atoms with E-state index >= 15 is 0 Å². The summed E-state index contributed by atoms with van der Waals surface area (Å²) >= 11 is 0. The van der Waals surface area contributed by atoms with Crippen LogP contribution in [0.1, 0.15) is 25.7 Å². The first-order chi connectivity index (χ1) is 5.84. The molecular weight excluding hydrogens is 150 g/mol. The lowest BCUT2D eigenvalue weighted by Crippen LogP contribution is -2.34. The Morgan fingerprint density at radius 2 is 2.33 bits per heavy atom. The number of nitrogens with zero attached hydrogens (tertiary/aromatic N) is 1. The van der Waals surface area contributed by atoms with Crippen LogP contribution in [-0.2, 0) is 0 Å². The molecule has 1 N–H and O–H groups in total. The largest absolute Gasteiger partial charge is 0.396 e. The molecule has 0 aromatic heterocycles. The molecular formula is C10H19NO. The molecule has 1 aliphatic rings. The Balaban J connectivity index is 2.28. The maximum atomic E-state index is 8.60. The summed E-state index contributed by atoms with van der Waals surface area (Å²) < 4.78 is 0. The maximum Gasteiger partial charge on any atom is 0.0465 e. The van der Waals surface area contributed by atoms with Gasteiger partial charge in [0.05, 0.1) is 0 Å². The third kappa shape index (κ3) is 2.95. The van der Waals surface area contributed by atoms with Gasteiger partial charge < -0.3 is 5.11 Å². The van der Waals surface area contributed by atoms with Gasteiger partial charge in [-0.05, 0) is 32.9 Å². The second-order valence-corrected chi connectivity index (χ2v) is 3.48. The van der Waals surface area contributed by atoms with Gasteiger partial charge in [-0.1, -0.05) is 18.6 Å². The van der Waals surface area contributed by atoms with Crippen LogP contribution in [0.3, 0.4) is 0 Å². The minimum absolute atomic E-state index is 0.271. The van der Waals surface area contributed by atoms with Crippen LogP contribution in [0.15, 0.2) is 12.2 Å². The summed E-state index contributed by atoms with van der Waals surface area (Å²) in [5, 5.41) is 8.60. The van der Waals surface area contributed by atoms with Crippen LogP contribution in [0, 0.1) is 0 Å². The highest BCUT2D eigenvalue weighted by Gasteiger charge is 2.14. The van der Waals surface area contributed by atoms with Crippen LogP contribution in [0.25, 0.3) is 0 Å². The number of aliphatic hydroxyl groups is 1. The number of rotatable bonds is 3. The summed E-state index contributed by atoms with van der Waals surface area (Å²) in [4.78, 5) is 2.39. The molecule has 1 unspecified atom stereocenters. The van der Waals surface area contributed by atoms with E-state index in [1.165, 1.54) is 25.8 Å². The number of aliphatic hydroxyl groups excluding tert-OH is 1. The molecule has 0 aliphatic carbocycles. The van der Waals surface area contributed by atoms with E-state index in [0.29, 0.717) is 6.04 Å². The molecule has 1 aliphatic heterocycles. The normalized spacial score (nSPS) is 26.7.